The summed E-state index contributed by atoms with van der Waals surface area (Å²) >= 11 is 5.95. The monoisotopic (exact) mass is 447 g/mol. The highest BCUT2D eigenvalue weighted by molar-refractivity contribution is 6.30. The maximum Gasteiger partial charge on any atom is 0.332 e. The van der Waals surface area contributed by atoms with Crippen LogP contribution in [0.5, 0.6) is 0 Å². The van der Waals surface area contributed by atoms with Gasteiger partial charge in [0.05, 0.1) is 17.4 Å². The molecule has 0 aliphatic carbocycles. The molecule has 0 radical (unpaired) electrons. The Hall–Kier alpha value is -3.64. The fraction of sp³-hybridized carbons (Fsp3) is 0.160. The van der Waals surface area contributed by atoms with Crippen molar-refractivity contribution in [3.63, 3.8) is 0 Å². The van der Waals surface area contributed by atoms with Crippen LogP contribution in [-0.4, -0.2) is 15.0 Å². The third kappa shape index (κ3) is 4.36. The van der Waals surface area contributed by atoms with Crippen LogP contribution in [0, 0.1) is 13.8 Å². The number of hydrogen-bond donors (Lipinski definition) is 1. The lowest BCUT2D eigenvalue weighted by molar-refractivity contribution is -0.116. The molecule has 0 bridgehead atoms. The van der Waals surface area contributed by atoms with Crippen LogP contribution >= 0.6 is 11.6 Å². The maximum atomic E-state index is 13.3. The van der Waals surface area contributed by atoms with Crippen LogP contribution in [-0.2, 0) is 17.9 Å². The van der Waals surface area contributed by atoms with E-state index in [9.17, 15) is 14.4 Å². The van der Waals surface area contributed by atoms with Crippen LogP contribution in [0.2, 0.25) is 5.02 Å². The number of fused-ring (bicyclic) bond motifs is 1. The molecule has 32 heavy (non-hydrogen) atoms. The minimum absolute atomic E-state index is 0.0816. The summed E-state index contributed by atoms with van der Waals surface area (Å²) in [7, 11) is 0. The van der Waals surface area contributed by atoms with Gasteiger partial charge < -0.3 is 5.32 Å². The molecule has 6 nitrogen and oxygen atoms in total. The number of para-hydroxylation sites is 1. The third-order valence-corrected chi connectivity index (χ3v) is 5.61. The summed E-state index contributed by atoms with van der Waals surface area (Å²) in [5, 5.41) is 3.83. The SMILES string of the molecule is Cc1ccc(C)c(NC(=O)Cn2c(=O)n(Cc3ccc(Cl)cc3)c(=O)c3ccccc32)c1. The van der Waals surface area contributed by atoms with Gasteiger partial charge in [-0.3, -0.25) is 18.7 Å². The van der Waals surface area contributed by atoms with E-state index in [0.717, 1.165) is 21.3 Å². The highest BCUT2D eigenvalue weighted by Crippen LogP contribution is 2.17. The molecule has 0 saturated carbocycles. The fourth-order valence-corrected chi connectivity index (χ4v) is 3.77. The molecule has 1 N–H and O–H groups in total. The number of aryl methyl sites for hydroxylation is 2. The minimum Gasteiger partial charge on any atom is -0.324 e. The van der Waals surface area contributed by atoms with E-state index in [-0.39, 0.29) is 19.0 Å². The predicted octanol–water partition coefficient (Wildman–Crippen LogP) is 4.12. The molecule has 0 saturated heterocycles. The van der Waals surface area contributed by atoms with Crippen LogP contribution in [0.25, 0.3) is 10.9 Å². The third-order valence-electron chi connectivity index (χ3n) is 5.36. The second kappa shape index (κ2) is 8.85. The molecule has 4 aromatic rings. The van der Waals surface area contributed by atoms with Crippen LogP contribution in [0.3, 0.4) is 0 Å². The average Bonchev–Trinajstić information content (AvgIpc) is 2.78. The van der Waals surface area contributed by atoms with Crippen molar-refractivity contribution in [1.29, 1.82) is 0 Å². The van der Waals surface area contributed by atoms with Crippen molar-refractivity contribution in [2.24, 2.45) is 0 Å². The topological polar surface area (TPSA) is 73.1 Å². The van der Waals surface area contributed by atoms with Crippen molar-refractivity contribution in [3.8, 4) is 0 Å². The number of rotatable bonds is 5. The Kier molecular flexibility index (Phi) is 5.97. The van der Waals surface area contributed by atoms with Crippen molar-refractivity contribution in [3.05, 3.63) is 109 Å². The first-order valence-corrected chi connectivity index (χ1v) is 10.6. The van der Waals surface area contributed by atoms with Gasteiger partial charge in [-0.2, -0.15) is 0 Å². The van der Waals surface area contributed by atoms with Gasteiger partial charge in [-0.05, 0) is 60.9 Å². The molecule has 7 heteroatoms. The molecule has 0 aliphatic rings. The smallest absolute Gasteiger partial charge is 0.324 e. The molecular weight excluding hydrogens is 426 g/mol. The van der Waals surface area contributed by atoms with E-state index in [1.54, 1.807) is 48.5 Å². The van der Waals surface area contributed by atoms with E-state index in [1.807, 2.05) is 32.0 Å². The second-order valence-corrected chi connectivity index (χ2v) is 8.21. The molecule has 0 fully saturated rings. The van der Waals surface area contributed by atoms with Gasteiger partial charge >= 0.3 is 5.69 Å². The standard InChI is InChI=1S/C25H22ClN3O3/c1-16-7-8-17(2)21(13-16)27-23(30)15-28-22-6-4-3-5-20(22)24(31)29(25(28)32)14-18-9-11-19(26)12-10-18/h3-13H,14-15H2,1-2H3,(H,27,30). The van der Waals surface area contributed by atoms with E-state index in [2.05, 4.69) is 5.32 Å². The molecule has 1 amide bonds. The normalized spacial score (nSPS) is 11.0. The lowest BCUT2D eigenvalue weighted by Crippen LogP contribution is -2.42. The molecule has 0 atom stereocenters. The quantitative estimate of drug-likeness (QED) is 0.500. The Balaban J connectivity index is 1.75. The van der Waals surface area contributed by atoms with E-state index in [1.165, 1.54) is 4.57 Å². The van der Waals surface area contributed by atoms with Crippen LogP contribution in [0.15, 0.2) is 76.3 Å². The number of aromatic nitrogens is 2. The number of nitrogens with one attached hydrogen (secondary N) is 1. The average molecular weight is 448 g/mol. The van der Waals surface area contributed by atoms with E-state index in [4.69, 9.17) is 11.6 Å². The van der Waals surface area contributed by atoms with Gasteiger partial charge in [-0.25, -0.2) is 4.79 Å². The van der Waals surface area contributed by atoms with Gasteiger partial charge in [0.2, 0.25) is 5.91 Å². The summed E-state index contributed by atoms with van der Waals surface area (Å²) in [6, 6.07) is 19.5. The summed E-state index contributed by atoms with van der Waals surface area (Å²) in [6.45, 7) is 3.72. The zero-order valence-electron chi connectivity index (χ0n) is 17.8. The molecule has 162 valence electrons. The Morgan fingerprint density at radius 3 is 2.41 bits per heavy atom. The molecule has 0 aliphatic heterocycles. The molecule has 0 spiro atoms. The van der Waals surface area contributed by atoms with E-state index < -0.39 is 11.2 Å². The zero-order chi connectivity index (χ0) is 22.8. The van der Waals surface area contributed by atoms with Gasteiger partial charge in [-0.15, -0.1) is 0 Å². The van der Waals surface area contributed by atoms with E-state index in [0.29, 0.717) is 21.6 Å². The second-order valence-electron chi connectivity index (χ2n) is 7.77. The summed E-state index contributed by atoms with van der Waals surface area (Å²) < 4.78 is 2.49. The molecule has 1 aromatic heterocycles. The Morgan fingerprint density at radius 2 is 1.66 bits per heavy atom. The van der Waals surface area contributed by atoms with Crippen molar-refractivity contribution >= 4 is 34.1 Å². The number of anilines is 1. The molecule has 4 rings (SSSR count). The Morgan fingerprint density at radius 1 is 0.938 bits per heavy atom. The number of carbonyl (C=O) groups excluding carboxylic acids is 1. The molecule has 1 heterocycles. The van der Waals surface area contributed by atoms with Gasteiger partial charge in [0.15, 0.2) is 0 Å². The molecule has 0 unspecified atom stereocenters. The zero-order valence-corrected chi connectivity index (χ0v) is 18.5. The number of amides is 1. The first kappa shape index (κ1) is 21.6. The van der Waals surface area contributed by atoms with E-state index >= 15 is 0 Å². The van der Waals surface area contributed by atoms with Crippen molar-refractivity contribution < 1.29 is 4.79 Å². The van der Waals surface area contributed by atoms with Gasteiger partial charge in [-0.1, -0.05) is 48.0 Å². The molecule has 3 aromatic carbocycles. The summed E-state index contributed by atoms with van der Waals surface area (Å²) in [4.78, 5) is 39.2. The molecular formula is C25H22ClN3O3. The number of carbonyl (C=O) groups is 1. The number of benzene rings is 3. The van der Waals surface area contributed by atoms with Gasteiger partial charge in [0.25, 0.3) is 5.56 Å². The van der Waals surface area contributed by atoms with Crippen LogP contribution in [0.1, 0.15) is 16.7 Å². The Bertz CT molecular complexity index is 1440. The van der Waals surface area contributed by atoms with Crippen molar-refractivity contribution in [2.75, 3.05) is 5.32 Å². The summed E-state index contributed by atoms with van der Waals surface area (Å²) in [5.41, 5.74) is 2.88. The van der Waals surface area contributed by atoms with Gasteiger partial charge in [0.1, 0.15) is 6.54 Å². The number of nitrogens with zero attached hydrogens (tertiary/aromatic N) is 2. The highest BCUT2D eigenvalue weighted by Gasteiger charge is 2.16. The largest absolute Gasteiger partial charge is 0.332 e. The van der Waals surface area contributed by atoms with Crippen LogP contribution < -0.4 is 16.6 Å². The van der Waals surface area contributed by atoms with Gasteiger partial charge in [0, 0.05) is 10.7 Å². The predicted molar refractivity (Wildman–Crippen MR) is 128 cm³/mol. The van der Waals surface area contributed by atoms with Crippen molar-refractivity contribution in [1.82, 2.24) is 9.13 Å². The Labute approximate surface area is 189 Å². The lowest BCUT2D eigenvalue weighted by Gasteiger charge is -2.15. The van der Waals surface area contributed by atoms with Crippen molar-refractivity contribution in [2.45, 2.75) is 26.9 Å². The maximum absolute atomic E-state index is 13.3. The summed E-state index contributed by atoms with van der Waals surface area (Å²) in [5.74, 6) is -0.345. The lowest BCUT2D eigenvalue weighted by atomic mass is 10.1. The minimum atomic E-state index is -0.542. The summed E-state index contributed by atoms with van der Waals surface area (Å²) in [6.07, 6.45) is 0. The first-order chi connectivity index (χ1) is 15.3. The fourth-order valence-electron chi connectivity index (χ4n) is 3.64. The van der Waals surface area contributed by atoms with Crippen LogP contribution in [0.4, 0.5) is 5.69 Å². The number of hydrogen-bond acceptors (Lipinski definition) is 3. The highest BCUT2D eigenvalue weighted by atomic mass is 35.5. The number of halogens is 1. The first-order valence-electron chi connectivity index (χ1n) is 10.2.